The number of nitrogens with zero attached hydrogens (tertiary/aromatic N) is 3. The number of amides is 3. The Labute approximate surface area is 191 Å². The van der Waals surface area contributed by atoms with Crippen molar-refractivity contribution in [2.45, 2.75) is 24.4 Å². The molecule has 0 unspecified atom stereocenters. The minimum Gasteiger partial charge on any atom is -0.324 e. The Hall–Kier alpha value is -3.37. The summed E-state index contributed by atoms with van der Waals surface area (Å²) in [4.78, 5) is 54.3. The van der Waals surface area contributed by atoms with Gasteiger partial charge in [0.1, 0.15) is 16.4 Å². The number of anilines is 2. The van der Waals surface area contributed by atoms with Crippen LogP contribution in [0.5, 0.6) is 0 Å². The van der Waals surface area contributed by atoms with Gasteiger partial charge in [0.05, 0.1) is 22.4 Å². The molecule has 168 valence electrons. The number of nitro groups is 1. The van der Waals surface area contributed by atoms with Crippen LogP contribution in [0.1, 0.15) is 18.4 Å². The zero-order chi connectivity index (χ0) is 23.2. The highest BCUT2D eigenvalue weighted by atomic mass is 35.5. The van der Waals surface area contributed by atoms with Crippen LogP contribution in [-0.2, 0) is 19.9 Å². The summed E-state index contributed by atoms with van der Waals surface area (Å²) < 4.78 is 14.3. The third kappa shape index (κ3) is 2.37. The molecule has 2 aromatic carbocycles. The van der Waals surface area contributed by atoms with Crippen LogP contribution < -0.4 is 10.2 Å². The zero-order valence-corrected chi connectivity index (χ0v) is 17.7. The molecule has 3 saturated heterocycles. The summed E-state index contributed by atoms with van der Waals surface area (Å²) in [6, 6.07) is 7.27. The first kappa shape index (κ1) is 20.3. The van der Waals surface area contributed by atoms with Crippen molar-refractivity contribution in [1.29, 1.82) is 0 Å². The molecule has 1 spiro atoms. The lowest BCUT2D eigenvalue weighted by Gasteiger charge is -2.36. The SMILES string of the molecule is O=C1[C@@H]2[C@@H]3CCCN3[C@]3(C(=O)Nc4ccc(F)cc43)[C@H]2C(=O)N1c1ccc(Cl)c([N+](=O)[O-])c1. The van der Waals surface area contributed by atoms with Gasteiger partial charge >= 0.3 is 0 Å². The summed E-state index contributed by atoms with van der Waals surface area (Å²) >= 11 is 5.90. The van der Waals surface area contributed by atoms with Crippen molar-refractivity contribution in [3.05, 3.63) is 62.9 Å². The number of hydrogen-bond donors (Lipinski definition) is 1. The van der Waals surface area contributed by atoms with E-state index < -0.39 is 51.5 Å². The maximum atomic E-state index is 14.3. The van der Waals surface area contributed by atoms with Gasteiger partial charge in [0.15, 0.2) is 0 Å². The zero-order valence-electron chi connectivity index (χ0n) is 17.0. The van der Waals surface area contributed by atoms with Crippen molar-refractivity contribution in [1.82, 2.24) is 4.90 Å². The predicted octanol–water partition coefficient (Wildman–Crippen LogP) is 2.82. The fourth-order valence-electron chi connectivity index (χ4n) is 6.21. The van der Waals surface area contributed by atoms with Crippen molar-refractivity contribution >= 4 is 46.4 Å². The number of fused-ring (bicyclic) bond motifs is 7. The van der Waals surface area contributed by atoms with E-state index in [2.05, 4.69) is 5.32 Å². The van der Waals surface area contributed by atoms with Crippen molar-refractivity contribution in [3.8, 4) is 0 Å². The van der Waals surface area contributed by atoms with E-state index in [1.807, 2.05) is 4.90 Å². The minimum absolute atomic E-state index is 0.0214. The van der Waals surface area contributed by atoms with Crippen molar-refractivity contribution < 1.29 is 23.7 Å². The Bertz CT molecular complexity index is 1300. The Morgan fingerprint density at radius 3 is 2.70 bits per heavy atom. The molecule has 11 heteroatoms. The Morgan fingerprint density at radius 1 is 1.15 bits per heavy atom. The monoisotopic (exact) mass is 470 g/mol. The molecule has 1 N–H and O–H groups in total. The van der Waals surface area contributed by atoms with Gasteiger partial charge in [0.25, 0.3) is 5.69 Å². The van der Waals surface area contributed by atoms with Crippen LogP contribution in [0.4, 0.5) is 21.5 Å². The minimum atomic E-state index is -1.51. The summed E-state index contributed by atoms with van der Waals surface area (Å²) in [5, 5.41) is 14.0. The van der Waals surface area contributed by atoms with Crippen LogP contribution in [-0.4, -0.2) is 40.1 Å². The van der Waals surface area contributed by atoms with Gasteiger partial charge in [-0.3, -0.25) is 29.4 Å². The lowest BCUT2D eigenvalue weighted by molar-refractivity contribution is -0.384. The van der Waals surface area contributed by atoms with E-state index in [4.69, 9.17) is 11.6 Å². The number of carbonyl (C=O) groups is 3. The standard InChI is InChI=1S/C22H16ClFN4O5/c23-13-5-4-11(9-16(13)28(32)33)27-19(29)17-15-2-1-7-26(15)22(18(17)20(27)30)12-8-10(24)3-6-14(12)25-21(22)31/h3-6,8-9,15,17-18H,1-2,7H2,(H,25,31)/t15-,17+,18+,22-/m0/s1. The van der Waals surface area contributed by atoms with Crippen LogP contribution in [0.25, 0.3) is 0 Å². The molecular weight excluding hydrogens is 455 g/mol. The molecule has 2 aromatic rings. The fourth-order valence-corrected chi connectivity index (χ4v) is 6.40. The number of imide groups is 1. The maximum Gasteiger partial charge on any atom is 0.289 e. The predicted molar refractivity (Wildman–Crippen MR) is 114 cm³/mol. The van der Waals surface area contributed by atoms with E-state index in [0.717, 1.165) is 17.4 Å². The van der Waals surface area contributed by atoms with E-state index in [1.54, 1.807) is 0 Å². The topological polar surface area (TPSA) is 113 Å². The molecule has 3 amide bonds. The number of hydrogen-bond acceptors (Lipinski definition) is 6. The quantitative estimate of drug-likeness (QED) is 0.410. The summed E-state index contributed by atoms with van der Waals surface area (Å²) in [5.41, 5.74) is -1.17. The number of benzene rings is 2. The molecule has 4 aliphatic heterocycles. The molecule has 0 saturated carbocycles. The summed E-state index contributed by atoms with van der Waals surface area (Å²) in [5.74, 6) is -4.07. The summed E-state index contributed by atoms with van der Waals surface area (Å²) in [6.45, 7) is 0.494. The second-order valence-electron chi connectivity index (χ2n) is 8.72. The second-order valence-corrected chi connectivity index (χ2v) is 9.13. The number of carbonyl (C=O) groups excluding carboxylic acids is 3. The van der Waals surface area contributed by atoms with E-state index in [-0.39, 0.29) is 16.8 Å². The van der Waals surface area contributed by atoms with Gasteiger partial charge in [0.2, 0.25) is 17.7 Å². The number of nitrogens with one attached hydrogen (secondary N) is 1. The average Bonchev–Trinajstić information content (AvgIpc) is 3.47. The smallest absolute Gasteiger partial charge is 0.289 e. The van der Waals surface area contributed by atoms with E-state index in [0.29, 0.717) is 24.2 Å². The molecule has 0 radical (unpaired) electrons. The molecule has 0 aromatic heterocycles. The van der Waals surface area contributed by atoms with Gasteiger partial charge in [-0.15, -0.1) is 0 Å². The molecule has 4 aliphatic rings. The first-order chi connectivity index (χ1) is 15.8. The van der Waals surface area contributed by atoms with Gasteiger partial charge in [-0.25, -0.2) is 9.29 Å². The number of nitro benzene ring substituents is 1. The lowest BCUT2D eigenvalue weighted by atomic mass is 9.75. The van der Waals surface area contributed by atoms with Crippen molar-refractivity contribution in [2.24, 2.45) is 11.8 Å². The largest absolute Gasteiger partial charge is 0.324 e. The van der Waals surface area contributed by atoms with Gasteiger partial charge in [0, 0.05) is 23.4 Å². The Morgan fingerprint density at radius 2 is 1.94 bits per heavy atom. The second kappa shape index (κ2) is 6.58. The highest BCUT2D eigenvalue weighted by Gasteiger charge is 2.74. The molecule has 4 heterocycles. The third-order valence-electron chi connectivity index (χ3n) is 7.34. The van der Waals surface area contributed by atoms with E-state index >= 15 is 0 Å². The van der Waals surface area contributed by atoms with Gasteiger partial charge in [-0.05, 0) is 49.7 Å². The molecule has 4 atom stereocenters. The highest BCUT2D eigenvalue weighted by Crippen LogP contribution is 2.60. The Kier molecular flexibility index (Phi) is 4.04. The molecule has 0 bridgehead atoms. The first-order valence-corrected chi connectivity index (χ1v) is 10.8. The highest BCUT2D eigenvalue weighted by molar-refractivity contribution is 6.33. The van der Waals surface area contributed by atoms with E-state index in [1.165, 1.54) is 30.3 Å². The molecule has 3 fully saturated rings. The van der Waals surface area contributed by atoms with Crippen LogP contribution in [0.3, 0.4) is 0 Å². The molecule has 33 heavy (non-hydrogen) atoms. The Balaban J connectivity index is 1.54. The van der Waals surface area contributed by atoms with E-state index in [9.17, 15) is 28.9 Å². The van der Waals surface area contributed by atoms with Crippen LogP contribution >= 0.6 is 11.6 Å². The lowest BCUT2D eigenvalue weighted by Crippen LogP contribution is -2.54. The normalized spacial score (nSPS) is 30.1. The first-order valence-electron chi connectivity index (χ1n) is 10.5. The molecule has 6 rings (SSSR count). The van der Waals surface area contributed by atoms with Gasteiger partial charge < -0.3 is 5.32 Å². The van der Waals surface area contributed by atoms with Crippen molar-refractivity contribution in [2.75, 3.05) is 16.8 Å². The maximum absolute atomic E-state index is 14.3. The fraction of sp³-hybridized carbons (Fsp3) is 0.318. The van der Waals surface area contributed by atoms with Gasteiger partial charge in [-0.2, -0.15) is 0 Å². The third-order valence-corrected chi connectivity index (χ3v) is 7.66. The molecule has 0 aliphatic carbocycles. The number of halogens is 2. The van der Waals surface area contributed by atoms with Crippen LogP contribution in [0.15, 0.2) is 36.4 Å². The summed E-state index contributed by atoms with van der Waals surface area (Å²) in [6.07, 6.45) is 1.33. The van der Waals surface area contributed by atoms with Gasteiger partial charge in [-0.1, -0.05) is 11.6 Å². The molecular formula is C22H16ClFN4O5. The van der Waals surface area contributed by atoms with Crippen molar-refractivity contribution in [3.63, 3.8) is 0 Å². The average molecular weight is 471 g/mol. The molecule has 9 nitrogen and oxygen atoms in total. The van der Waals surface area contributed by atoms with Crippen LogP contribution in [0, 0.1) is 27.8 Å². The summed E-state index contributed by atoms with van der Waals surface area (Å²) in [7, 11) is 0. The van der Waals surface area contributed by atoms with Crippen LogP contribution in [0.2, 0.25) is 5.02 Å². The number of rotatable bonds is 2.